The monoisotopic (exact) mass is 247 g/mol. The first-order valence-corrected chi connectivity index (χ1v) is 5.72. The average Bonchev–Trinajstić information content (AvgIpc) is 2.73. The molecular weight excluding hydrogens is 230 g/mol. The topological polar surface area (TPSA) is 67.1 Å². The second-order valence-electron chi connectivity index (χ2n) is 4.34. The van der Waals surface area contributed by atoms with Gasteiger partial charge in [0, 0.05) is 38.1 Å². The molecule has 2 aromatic rings. The fraction of sp³-hybridized carbons (Fsp3) is 0.417. The Hall–Kier alpha value is -1.95. The fourth-order valence-electron chi connectivity index (χ4n) is 1.77. The van der Waals surface area contributed by atoms with Gasteiger partial charge in [-0.3, -0.25) is 4.68 Å². The molecule has 2 heterocycles. The summed E-state index contributed by atoms with van der Waals surface area (Å²) in [4.78, 5) is 10.6. The van der Waals surface area contributed by atoms with E-state index in [-0.39, 0.29) is 6.61 Å². The Morgan fingerprint density at radius 3 is 2.78 bits per heavy atom. The molecule has 0 aliphatic heterocycles. The van der Waals surface area contributed by atoms with Crippen LogP contribution in [0, 0.1) is 6.92 Å². The Morgan fingerprint density at radius 1 is 1.39 bits per heavy atom. The van der Waals surface area contributed by atoms with Crippen molar-refractivity contribution in [3.05, 3.63) is 35.4 Å². The Balaban J connectivity index is 2.17. The number of rotatable bonds is 4. The molecule has 0 bridgehead atoms. The van der Waals surface area contributed by atoms with Gasteiger partial charge in [-0.25, -0.2) is 9.97 Å². The molecule has 0 atom stereocenters. The lowest BCUT2D eigenvalue weighted by atomic mass is 10.3. The van der Waals surface area contributed by atoms with E-state index in [4.69, 9.17) is 5.11 Å². The molecule has 0 saturated carbocycles. The van der Waals surface area contributed by atoms with Gasteiger partial charge in [-0.15, -0.1) is 0 Å². The predicted molar refractivity (Wildman–Crippen MR) is 68.0 cm³/mol. The van der Waals surface area contributed by atoms with Gasteiger partial charge in [0.15, 0.2) is 0 Å². The van der Waals surface area contributed by atoms with E-state index in [1.807, 2.05) is 38.3 Å². The van der Waals surface area contributed by atoms with Crippen molar-refractivity contribution in [1.82, 2.24) is 19.7 Å². The maximum absolute atomic E-state index is 9.14. The number of hydrogen-bond acceptors (Lipinski definition) is 5. The van der Waals surface area contributed by atoms with Gasteiger partial charge in [-0.2, -0.15) is 5.10 Å². The molecule has 0 fully saturated rings. The van der Waals surface area contributed by atoms with Gasteiger partial charge in [0.25, 0.3) is 0 Å². The summed E-state index contributed by atoms with van der Waals surface area (Å²) in [6.07, 6.45) is 3.78. The zero-order valence-electron chi connectivity index (χ0n) is 10.8. The van der Waals surface area contributed by atoms with Crippen LogP contribution in [0.1, 0.15) is 17.0 Å². The summed E-state index contributed by atoms with van der Waals surface area (Å²) in [6.45, 7) is 2.50. The zero-order chi connectivity index (χ0) is 13.1. The Bertz CT molecular complexity index is 537. The molecule has 0 amide bonds. The molecular formula is C12H17N5O. The van der Waals surface area contributed by atoms with Gasteiger partial charge in [0.05, 0.1) is 18.5 Å². The number of aliphatic hydroxyl groups excluding tert-OH is 1. The smallest absolute Gasteiger partial charge is 0.225 e. The summed E-state index contributed by atoms with van der Waals surface area (Å²) < 4.78 is 1.76. The Morgan fingerprint density at radius 2 is 2.17 bits per heavy atom. The summed E-state index contributed by atoms with van der Waals surface area (Å²) >= 11 is 0. The summed E-state index contributed by atoms with van der Waals surface area (Å²) in [5.41, 5.74) is 2.58. The lowest BCUT2D eigenvalue weighted by Gasteiger charge is -2.17. The number of aromatic nitrogens is 4. The molecule has 0 radical (unpaired) electrons. The predicted octanol–water partition coefficient (Wildman–Crippen LogP) is 0.647. The average molecular weight is 247 g/mol. The summed E-state index contributed by atoms with van der Waals surface area (Å²) in [6, 6.07) is 1.78. The molecule has 18 heavy (non-hydrogen) atoms. The molecule has 0 unspecified atom stereocenters. The zero-order valence-corrected chi connectivity index (χ0v) is 10.8. The van der Waals surface area contributed by atoms with Crippen LogP contribution < -0.4 is 4.90 Å². The number of anilines is 1. The van der Waals surface area contributed by atoms with Crippen LogP contribution in [0.3, 0.4) is 0 Å². The molecule has 2 aromatic heterocycles. The molecule has 0 saturated heterocycles. The van der Waals surface area contributed by atoms with Crippen molar-refractivity contribution < 1.29 is 5.11 Å². The number of hydrogen-bond donors (Lipinski definition) is 1. The van der Waals surface area contributed by atoms with Crippen molar-refractivity contribution >= 4 is 5.95 Å². The van der Waals surface area contributed by atoms with E-state index in [0.717, 1.165) is 11.3 Å². The highest BCUT2D eigenvalue weighted by Crippen LogP contribution is 2.12. The van der Waals surface area contributed by atoms with Crippen LogP contribution in [-0.4, -0.2) is 31.9 Å². The number of nitrogens with zero attached hydrogens (tertiary/aromatic N) is 5. The quantitative estimate of drug-likeness (QED) is 0.859. The van der Waals surface area contributed by atoms with Crippen LogP contribution in [0.2, 0.25) is 0 Å². The normalized spacial score (nSPS) is 10.7. The highest BCUT2D eigenvalue weighted by molar-refractivity contribution is 5.32. The highest BCUT2D eigenvalue weighted by Gasteiger charge is 2.08. The van der Waals surface area contributed by atoms with Gasteiger partial charge >= 0.3 is 0 Å². The molecule has 6 nitrogen and oxygen atoms in total. The van der Waals surface area contributed by atoms with Crippen LogP contribution in [-0.2, 0) is 20.2 Å². The third-order valence-corrected chi connectivity index (χ3v) is 2.58. The molecule has 0 aliphatic carbocycles. The van der Waals surface area contributed by atoms with E-state index < -0.39 is 0 Å². The van der Waals surface area contributed by atoms with E-state index in [0.29, 0.717) is 18.2 Å². The van der Waals surface area contributed by atoms with Crippen molar-refractivity contribution in [2.45, 2.75) is 20.1 Å². The molecule has 0 spiro atoms. The molecule has 0 aromatic carbocycles. The van der Waals surface area contributed by atoms with Crippen LogP contribution in [0.25, 0.3) is 0 Å². The largest absolute Gasteiger partial charge is 0.390 e. The molecule has 2 rings (SSSR count). The first kappa shape index (κ1) is 12.5. The molecule has 1 N–H and O–H groups in total. The Labute approximate surface area is 106 Å². The van der Waals surface area contributed by atoms with Gasteiger partial charge in [-0.1, -0.05) is 0 Å². The van der Waals surface area contributed by atoms with E-state index in [1.54, 1.807) is 10.7 Å². The fourth-order valence-corrected chi connectivity index (χ4v) is 1.77. The van der Waals surface area contributed by atoms with Gasteiger partial charge < -0.3 is 10.0 Å². The van der Waals surface area contributed by atoms with E-state index in [2.05, 4.69) is 15.1 Å². The van der Waals surface area contributed by atoms with Gasteiger partial charge in [-0.05, 0) is 13.0 Å². The van der Waals surface area contributed by atoms with Crippen molar-refractivity contribution in [2.24, 2.45) is 7.05 Å². The summed E-state index contributed by atoms with van der Waals surface area (Å²) in [7, 11) is 3.81. The highest BCUT2D eigenvalue weighted by atomic mass is 16.3. The van der Waals surface area contributed by atoms with Crippen molar-refractivity contribution in [3.63, 3.8) is 0 Å². The lowest BCUT2D eigenvalue weighted by molar-refractivity contribution is 0.276. The Kier molecular flexibility index (Phi) is 3.57. The third-order valence-electron chi connectivity index (χ3n) is 2.58. The molecule has 0 aliphatic rings. The second-order valence-corrected chi connectivity index (χ2v) is 4.34. The van der Waals surface area contributed by atoms with Crippen molar-refractivity contribution in [1.29, 1.82) is 0 Å². The van der Waals surface area contributed by atoms with E-state index in [9.17, 15) is 0 Å². The van der Waals surface area contributed by atoms with Crippen LogP contribution in [0.4, 0.5) is 5.95 Å². The summed E-state index contributed by atoms with van der Waals surface area (Å²) in [5, 5.41) is 13.3. The standard InChI is InChI=1S/C12H17N5O/c1-9-4-11(8-18)15-12(14-9)16(2)6-10-5-13-17(3)7-10/h4-5,7,18H,6,8H2,1-3H3. The third kappa shape index (κ3) is 2.84. The lowest BCUT2D eigenvalue weighted by Crippen LogP contribution is -2.19. The molecule has 6 heteroatoms. The first-order valence-electron chi connectivity index (χ1n) is 5.72. The molecule has 96 valence electrons. The summed E-state index contributed by atoms with van der Waals surface area (Å²) in [5.74, 6) is 0.614. The minimum atomic E-state index is -0.0723. The minimum absolute atomic E-state index is 0.0723. The van der Waals surface area contributed by atoms with E-state index >= 15 is 0 Å². The van der Waals surface area contributed by atoms with Gasteiger partial charge in [0.1, 0.15) is 0 Å². The van der Waals surface area contributed by atoms with Crippen LogP contribution in [0.15, 0.2) is 18.5 Å². The van der Waals surface area contributed by atoms with Crippen LogP contribution >= 0.6 is 0 Å². The second kappa shape index (κ2) is 5.14. The van der Waals surface area contributed by atoms with Crippen molar-refractivity contribution in [2.75, 3.05) is 11.9 Å². The number of aryl methyl sites for hydroxylation is 2. The van der Waals surface area contributed by atoms with Gasteiger partial charge in [0.2, 0.25) is 5.95 Å². The van der Waals surface area contributed by atoms with Crippen molar-refractivity contribution in [3.8, 4) is 0 Å². The van der Waals surface area contributed by atoms with Crippen LogP contribution in [0.5, 0.6) is 0 Å². The first-order chi connectivity index (χ1) is 8.58. The maximum atomic E-state index is 9.14. The minimum Gasteiger partial charge on any atom is -0.390 e. The maximum Gasteiger partial charge on any atom is 0.225 e. The SMILES string of the molecule is Cc1cc(CO)nc(N(C)Cc2cnn(C)c2)n1. The number of aliphatic hydroxyl groups is 1. The van der Waals surface area contributed by atoms with E-state index in [1.165, 1.54) is 0 Å².